The third kappa shape index (κ3) is 10.6. The molecule has 1 heterocycles. The fourth-order valence-corrected chi connectivity index (χ4v) is 6.17. The zero-order chi connectivity index (χ0) is 36.2. The van der Waals surface area contributed by atoms with E-state index in [2.05, 4.69) is 32.9 Å². The van der Waals surface area contributed by atoms with Crippen LogP contribution in [0.2, 0.25) is 0 Å². The lowest BCUT2D eigenvalue weighted by molar-refractivity contribution is -0.189. The van der Waals surface area contributed by atoms with Crippen molar-refractivity contribution >= 4 is 11.6 Å². The van der Waals surface area contributed by atoms with Crippen LogP contribution in [0.4, 0.5) is 0 Å². The summed E-state index contributed by atoms with van der Waals surface area (Å²) in [6, 6.07) is 48.0. The van der Waals surface area contributed by atoms with E-state index in [0.717, 1.165) is 22.3 Å². The van der Waals surface area contributed by atoms with Crippen molar-refractivity contribution in [3.8, 4) is 5.75 Å². The van der Waals surface area contributed by atoms with Gasteiger partial charge in [0.2, 0.25) is 6.29 Å². The zero-order valence-electron chi connectivity index (χ0n) is 30.0. The summed E-state index contributed by atoms with van der Waals surface area (Å²) in [6.45, 7) is 7.95. The molecule has 1 aliphatic rings. The second kappa shape index (κ2) is 18.4. The minimum Gasteiger partial charge on any atom is -0.489 e. The van der Waals surface area contributed by atoms with E-state index in [9.17, 15) is 0 Å². The number of ether oxygens (including phenoxy) is 6. The highest BCUT2D eigenvalue weighted by Gasteiger charge is 2.44. The van der Waals surface area contributed by atoms with Gasteiger partial charge in [-0.25, -0.2) is 0 Å². The zero-order valence-corrected chi connectivity index (χ0v) is 30.8. The predicted molar refractivity (Wildman–Crippen MR) is 205 cm³/mol. The largest absolute Gasteiger partial charge is 0.489 e. The third-order valence-corrected chi connectivity index (χ3v) is 9.18. The number of hydrogen-bond donors (Lipinski definition) is 0. The van der Waals surface area contributed by atoms with Crippen molar-refractivity contribution in [3.63, 3.8) is 0 Å². The van der Waals surface area contributed by atoms with Crippen LogP contribution in [0.15, 0.2) is 156 Å². The highest BCUT2D eigenvalue weighted by Crippen LogP contribution is 2.36. The van der Waals surface area contributed by atoms with Crippen LogP contribution < -0.4 is 4.74 Å². The molecule has 1 aliphatic heterocycles. The first kappa shape index (κ1) is 37.3. The molecular formula is C45H47ClO6. The molecule has 52 heavy (non-hydrogen) atoms. The maximum Gasteiger partial charge on any atom is 0.241 e. The molecule has 0 saturated carbocycles. The maximum absolute atomic E-state index is 7.36. The number of rotatable bonds is 15. The normalized spacial score (nSPS) is 19.2. The van der Waals surface area contributed by atoms with Crippen LogP contribution in [0, 0.1) is 0 Å². The second-order valence-corrected chi connectivity index (χ2v) is 14.3. The van der Waals surface area contributed by atoms with Gasteiger partial charge in [-0.3, -0.25) is 0 Å². The molecule has 0 radical (unpaired) electrons. The fraction of sp³-hybridized carbons (Fsp3) is 0.289. The summed E-state index contributed by atoms with van der Waals surface area (Å²) in [4.78, 5) is 0. The summed E-state index contributed by atoms with van der Waals surface area (Å²) in [5, 5.41) is 0.243. The van der Waals surface area contributed by atoms with Gasteiger partial charge in [0.15, 0.2) is 0 Å². The van der Waals surface area contributed by atoms with Gasteiger partial charge in [0.05, 0.1) is 26.4 Å². The molecule has 0 fully saturated rings. The average molecular weight is 719 g/mol. The minimum atomic E-state index is -1.04. The lowest BCUT2D eigenvalue weighted by atomic mass is 9.87. The van der Waals surface area contributed by atoms with Gasteiger partial charge in [-0.15, -0.1) is 0 Å². The second-order valence-electron chi connectivity index (χ2n) is 13.9. The van der Waals surface area contributed by atoms with E-state index < -0.39 is 24.6 Å². The topological polar surface area (TPSA) is 55.4 Å². The number of hydrogen-bond acceptors (Lipinski definition) is 6. The van der Waals surface area contributed by atoms with E-state index in [-0.39, 0.29) is 30.3 Å². The predicted octanol–water partition coefficient (Wildman–Crippen LogP) is 10.1. The van der Waals surface area contributed by atoms with Crippen LogP contribution in [0.3, 0.4) is 0 Å². The average Bonchev–Trinajstić information content (AvgIpc) is 3.27. The molecule has 7 heteroatoms. The first-order valence-corrected chi connectivity index (χ1v) is 18.1. The standard InChI is InChI=1S/C45H47ClO6/c1-45(2,3)37-24-26-38(27-25-37)51-44-40(46)42(49-30-35-20-12-6-13-21-35)43(50-31-36-22-14-7-15-23-36)41(48-29-34-18-10-5-11-19-34)39(52-44)32-47-28-33-16-8-4-9-17-33/h4-27,39,41,43-44H,28-32H2,1-3H3/t39-,41-,43+,44?/m1/s1. The highest BCUT2D eigenvalue weighted by molar-refractivity contribution is 6.30. The molecule has 5 aromatic rings. The molecule has 1 unspecified atom stereocenters. The Hall–Kier alpha value is -4.43. The van der Waals surface area contributed by atoms with Crippen LogP contribution in [0.25, 0.3) is 0 Å². The minimum absolute atomic E-state index is 0.0127. The summed E-state index contributed by atoms with van der Waals surface area (Å²) in [5.74, 6) is 0.995. The molecule has 4 atom stereocenters. The van der Waals surface area contributed by atoms with Crippen molar-refractivity contribution < 1.29 is 28.4 Å². The summed E-state index contributed by atoms with van der Waals surface area (Å²) < 4.78 is 39.9. The van der Waals surface area contributed by atoms with Crippen molar-refractivity contribution in [2.24, 2.45) is 0 Å². The molecule has 0 aromatic heterocycles. The molecule has 6 nitrogen and oxygen atoms in total. The van der Waals surface area contributed by atoms with Gasteiger partial charge in [-0.05, 0) is 45.4 Å². The van der Waals surface area contributed by atoms with E-state index >= 15 is 0 Å². The van der Waals surface area contributed by atoms with Gasteiger partial charge in [0.1, 0.15) is 41.5 Å². The molecule has 0 bridgehead atoms. The van der Waals surface area contributed by atoms with E-state index in [4.69, 9.17) is 40.0 Å². The first-order chi connectivity index (χ1) is 25.3. The molecular weight excluding hydrogens is 672 g/mol. The SMILES string of the molecule is CC(C)(C)c1ccc(OC2O[C@H](COCc3ccccc3)[C@@H](OCc3ccccc3)[C@H](OCc3ccccc3)C(OCc3ccccc3)=C2Cl)cc1. The molecule has 270 valence electrons. The van der Waals surface area contributed by atoms with Crippen molar-refractivity contribution in [2.45, 2.75) is 77.2 Å². The Morgan fingerprint density at radius 2 is 1.06 bits per heavy atom. The fourth-order valence-electron chi connectivity index (χ4n) is 5.91. The van der Waals surface area contributed by atoms with Gasteiger partial charge in [-0.1, -0.05) is 166 Å². The first-order valence-electron chi connectivity index (χ1n) is 17.7. The van der Waals surface area contributed by atoms with Crippen LogP contribution in [0.1, 0.15) is 48.6 Å². The molecule has 5 aromatic carbocycles. The Balaban J connectivity index is 1.38. The van der Waals surface area contributed by atoms with Gasteiger partial charge in [0.25, 0.3) is 0 Å². The van der Waals surface area contributed by atoms with Crippen LogP contribution in [-0.2, 0) is 55.5 Å². The number of halogens is 1. The Labute approximate surface area is 312 Å². The van der Waals surface area contributed by atoms with Gasteiger partial charge in [-0.2, -0.15) is 0 Å². The summed E-state index contributed by atoms with van der Waals surface area (Å²) in [6.07, 6.45) is -3.18. The molecule has 0 aliphatic carbocycles. The highest BCUT2D eigenvalue weighted by atomic mass is 35.5. The van der Waals surface area contributed by atoms with Crippen molar-refractivity contribution in [3.05, 3.63) is 184 Å². The smallest absolute Gasteiger partial charge is 0.241 e. The van der Waals surface area contributed by atoms with E-state index in [1.165, 1.54) is 5.56 Å². The maximum atomic E-state index is 7.36. The Morgan fingerprint density at radius 1 is 0.577 bits per heavy atom. The van der Waals surface area contributed by atoms with Crippen LogP contribution in [0.5, 0.6) is 5.75 Å². The molecule has 0 amide bonds. The van der Waals surface area contributed by atoms with Gasteiger partial charge < -0.3 is 28.4 Å². The van der Waals surface area contributed by atoms with E-state index in [1.807, 2.05) is 133 Å². The third-order valence-electron chi connectivity index (χ3n) is 8.82. The molecule has 6 rings (SSSR count). The Bertz CT molecular complexity index is 1810. The quantitative estimate of drug-likeness (QED) is 0.107. The van der Waals surface area contributed by atoms with Gasteiger partial charge in [0, 0.05) is 0 Å². The Kier molecular flexibility index (Phi) is 13.2. The molecule has 0 spiro atoms. The van der Waals surface area contributed by atoms with E-state index in [0.29, 0.717) is 24.7 Å². The van der Waals surface area contributed by atoms with Gasteiger partial charge >= 0.3 is 0 Å². The molecule has 0 saturated heterocycles. The Morgan fingerprint density at radius 3 is 1.58 bits per heavy atom. The monoisotopic (exact) mass is 718 g/mol. The van der Waals surface area contributed by atoms with Crippen LogP contribution >= 0.6 is 11.6 Å². The summed E-state index contributed by atoms with van der Waals surface area (Å²) in [7, 11) is 0. The number of benzene rings is 5. The summed E-state index contributed by atoms with van der Waals surface area (Å²) >= 11 is 7.36. The molecule has 0 N–H and O–H groups in total. The summed E-state index contributed by atoms with van der Waals surface area (Å²) in [5.41, 5.74) is 5.20. The van der Waals surface area contributed by atoms with E-state index in [1.54, 1.807) is 0 Å². The lowest BCUT2D eigenvalue weighted by Crippen LogP contribution is -2.46. The van der Waals surface area contributed by atoms with Crippen molar-refractivity contribution in [2.75, 3.05) is 6.61 Å². The van der Waals surface area contributed by atoms with Crippen LogP contribution in [-0.4, -0.2) is 31.2 Å². The van der Waals surface area contributed by atoms with Crippen molar-refractivity contribution in [1.29, 1.82) is 0 Å². The lowest BCUT2D eigenvalue weighted by Gasteiger charge is -2.32. The van der Waals surface area contributed by atoms with Crippen molar-refractivity contribution in [1.82, 2.24) is 0 Å².